The molecular weight excluding hydrogens is 358 g/mol. The molecule has 3 aromatic rings. The molecule has 0 N–H and O–H groups in total. The number of hydrogen-bond acceptors (Lipinski definition) is 8. The number of carbonyl (C=O) groups is 1. The van der Waals surface area contributed by atoms with Crippen molar-refractivity contribution < 1.29 is 14.1 Å². The Morgan fingerprint density at radius 1 is 1.36 bits per heavy atom. The normalized spacial score (nSPS) is 12.7. The topological polar surface area (TPSA) is 105 Å². The zero-order valence-electron chi connectivity index (χ0n) is 15.4. The number of carbonyl (C=O) groups excluding carboxylic acids is 1. The summed E-state index contributed by atoms with van der Waals surface area (Å²) in [5.41, 5.74) is 3.52. The summed E-state index contributed by atoms with van der Waals surface area (Å²) in [6, 6.07) is 9.23. The maximum Gasteiger partial charge on any atom is 0.270 e. The first-order valence-electron chi connectivity index (χ1n) is 8.85. The number of fused-ring (bicyclic) bond motifs is 1. The van der Waals surface area contributed by atoms with Crippen LogP contribution < -0.4 is 9.64 Å². The lowest BCUT2D eigenvalue weighted by Crippen LogP contribution is -2.14. The number of ether oxygens (including phenoxy) is 1. The quantitative estimate of drug-likeness (QED) is 0.626. The highest BCUT2D eigenvalue weighted by Gasteiger charge is 2.25. The highest BCUT2D eigenvalue weighted by Crippen LogP contribution is 2.34. The van der Waals surface area contributed by atoms with Crippen LogP contribution in [0.2, 0.25) is 0 Å². The second-order valence-corrected chi connectivity index (χ2v) is 6.66. The van der Waals surface area contributed by atoms with Gasteiger partial charge in [-0.25, -0.2) is 4.98 Å². The van der Waals surface area contributed by atoms with E-state index in [-0.39, 0.29) is 17.9 Å². The second-order valence-electron chi connectivity index (χ2n) is 6.66. The number of benzene rings is 1. The molecule has 28 heavy (non-hydrogen) atoms. The molecule has 0 saturated heterocycles. The van der Waals surface area contributed by atoms with Gasteiger partial charge in [0.15, 0.2) is 0 Å². The Hall–Kier alpha value is -3.73. The Kier molecular flexibility index (Phi) is 4.49. The zero-order valence-corrected chi connectivity index (χ0v) is 15.4. The molecule has 0 fully saturated rings. The Labute approximate surface area is 161 Å². The molecule has 1 aliphatic rings. The van der Waals surface area contributed by atoms with E-state index in [9.17, 15) is 10.1 Å². The highest BCUT2D eigenvalue weighted by atomic mass is 16.5. The van der Waals surface area contributed by atoms with Crippen molar-refractivity contribution in [2.75, 3.05) is 11.4 Å². The van der Waals surface area contributed by atoms with Crippen LogP contribution in [0.4, 0.5) is 11.6 Å². The number of nitriles is 1. The minimum absolute atomic E-state index is 0.0876. The first-order chi connectivity index (χ1) is 13.6. The lowest BCUT2D eigenvalue weighted by Gasteiger charge is -2.13. The van der Waals surface area contributed by atoms with E-state index in [1.807, 2.05) is 30.9 Å². The summed E-state index contributed by atoms with van der Waals surface area (Å²) in [6.07, 6.45) is 3.09. The van der Waals surface area contributed by atoms with Crippen LogP contribution in [0.3, 0.4) is 0 Å². The van der Waals surface area contributed by atoms with Crippen molar-refractivity contribution in [3.05, 3.63) is 47.2 Å². The van der Waals surface area contributed by atoms with Gasteiger partial charge in [-0.2, -0.15) is 10.2 Å². The van der Waals surface area contributed by atoms with Gasteiger partial charge in [0, 0.05) is 24.0 Å². The molecule has 0 atom stereocenters. The predicted octanol–water partition coefficient (Wildman–Crippen LogP) is 3.30. The summed E-state index contributed by atoms with van der Waals surface area (Å²) < 4.78 is 10.9. The molecule has 0 spiro atoms. The van der Waals surface area contributed by atoms with Crippen molar-refractivity contribution in [1.82, 2.24) is 15.1 Å². The molecule has 1 aliphatic heterocycles. The van der Waals surface area contributed by atoms with Crippen LogP contribution in [0.25, 0.3) is 11.5 Å². The van der Waals surface area contributed by atoms with E-state index in [2.05, 4.69) is 21.2 Å². The number of hydrogen-bond donors (Lipinski definition) is 0. The molecule has 0 unspecified atom stereocenters. The number of pyridine rings is 1. The van der Waals surface area contributed by atoms with Gasteiger partial charge < -0.3 is 14.2 Å². The predicted molar refractivity (Wildman–Crippen MR) is 101 cm³/mol. The molecular formula is C20H17N5O3. The lowest BCUT2D eigenvalue weighted by atomic mass is 10.1. The van der Waals surface area contributed by atoms with Crippen LogP contribution in [0, 0.1) is 11.3 Å². The minimum Gasteiger partial charge on any atom is -0.474 e. The lowest BCUT2D eigenvalue weighted by molar-refractivity contribution is 0.112. The molecule has 0 radical (unpaired) electrons. The molecule has 0 aliphatic carbocycles. The van der Waals surface area contributed by atoms with Gasteiger partial charge in [-0.15, -0.1) is 0 Å². The summed E-state index contributed by atoms with van der Waals surface area (Å²) in [6.45, 7) is 4.43. The fraction of sp³-hybridized carbons (Fsp3) is 0.250. The van der Waals surface area contributed by atoms with Crippen LogP contribution in [-0.2, 0) is 6.42 Å². The van der Waals surface area contributed by atoms with E-state index in [1.165, 1.54) is 0 Å². The van der Waals surface area contributed by atoms with E-state index in [4.69, 9.17) is 9.26 Å². The first-order valence-corrected chi connectivity index (χ1v) is 8.85. The van der Waals surface area contributed by atoms with Crippen molar-refractivity contribution in [1.29, 1.82) is 5.26 Å². The molecule has 8 nitrogen and oxygen atoms in total. The Morgan fingerprint density at radius 2 is 2.21 bits per heavy atom. The molecule has 140 valence electrons. The number of aldehydes is 1. The average Bonchev–Trinajstić information content (AvgIpc) is 3.34. The zero-order chi connectivity index (χ0) is 19.7. The van der Waals surface area contributed by atoms with Crippen molar-refractivity contribution in [3.8, 4) is 23.4 Å². The Bertz CT molecular complexity index is 1080. The van der Waals surface area contributed by atoms with Crippen molar-refractivity contribution in [3.63, 3.8) is 0 Å². The molecule has 0 saturated carbocycles. The Balaban J connectivity index is 1.63. The van der Waals surface area contributed by atoms with Gasteiger partial charge in [0.2, 0.25) is 5.88 Å². The van der Waals surface area contributed by atoms with E-state index in [0.29, 0.717) is 29.2 Å². The summed E-state index contributed by atoms with van der Waals surface area (Å²) in [5, 5.41) is 13.4. The van der Waals surface area contributed by atoms with Gasteiger partial charge in [0.1, 0.15) is 17.9 Å². The third kappa shape index (κ3) is 3.18. The fourth-order valence-corrected chi connectivity index (χ4v) is 3.11. The van der Waals surface area contributed by atoms with E-state index >= 15 is 0 Å². The number of rotatable bonds is 5. The third-order valence-electron chi connectivity index (χ3n) is 4.36. The first kappa shape index (κ1) is 17.7. The maximum absolute atomic E-state index is 11.0. The van der Waals surface area contributed by atoms with Crippen LogP contribution >= 0.6 is 0 Å². The maximum atomic E-state index is 11.0. The summed E-state index contributed by atoms with van der Waals surface area (Å²) in [5.74, 6) is 0.974. The van der Waals surface area contributed by atoms with Gasteiger partial charge in [0.25, 0.3) is 11.8 Å². The largest absolute Gasteiger partial charge is 0.474 e. The molecule has 1 aromatic carbocycles. The van der Waals surface area contributed by atoms with Gasteiger partial charge in [-0.3, -0.25) is 4.79 Å². The fourth-order valence-electron chi connectivity index (χ4n) is 3.11. The number of nitrogens with zero attached hydrogens (tertiary/aromatic N) is 5. The standard InChI is InChI=1S/C20H17N5O3/c1-12(2)27-18-15(9-21)8-16(10-22-18)19-23-20(24-28-19)25-6-5-14-7-13(11-26)3-4-17(14)25/h3-4,7-8,10-12H,5-6H2,1-2H3. The van der Waals surface area contributed by atoms with Crippen molar-refractivity contribution in [2.45, 2.75) is 26.4 Å². The summed E-state index contributed by atoms with van der Waals surface area (Å²) in [4.78, 5) is 21.6. The molecule has 0 amide bonds. The minimum atomic E-state index is -0.0876. The number of aromatic nitrogens is 3. The van der Waals surface area contributed by atoms with Crippen LogP contribution in [0.15, 0.2) is 35.0 Å². The van der Waals surface area contributed by atoms with E-state index < -0.39 is 0 Å². The molecule has 3 heterocycles. The van der Waals surface area contributed by atoms with Crippen LogP contribution in [0.1, 0.15) is 35.3 Å². The average molecular weight is 375 g/mol. The van der Waals surface area contributed by atoms with Gasteiger partial charge in [-0.1, -0.05) is 0 Å². The smallest absolute Gasteiger partial charge is 0.270 e. The van der Waals surface area contributed by atoms with E-state index in [0.717, 1.165) is 24.0 Å². The van der Waals surface area contributed by atoms with Gasteiger partial charge in [-0.05, 0) is 55.3 Å². The molecule has 2 aromatic heterocycles. The molecule has 4 rings (SSSR count). The Morgan fingerprint density at radius 3 is 2.96 bits per heavy atom. The molecule has 8 heteroatoms. The SMILES string of the molecule is CC(C)Oc1ncc(-c2nc(N3CCc4cc(C=O)ccc43)no2)cc1C#N. The van der Waals surface area contributed by atoms with Crippen LogP contribution in [0.5, 0.6) is 5.88 Å². The third-order valence-corrected chi connectivity index (χ3v) is 4.36. The monoisotopic (exact) mass is 375 g/mol. The van der Waals surface area contributed by atoms with Crippen molar-refractivity contribution in [2.24, 2.45) is 0 Å². The van der Waals surface area contributed by atoms with Crippen molar-refractivity contribution >= 4 is 17.9 Å². The van der Waals surface area contributed by atoms with Gasteiger partial charge >= 0.3 is 0 Å². The molecule has 0 bridgehead atoms. The summed E-state index contributed by atoms with van der Waals surface area (Å²) >= 11 is 0. The highest BCUT2D eigenvalue weighted by molar-refractivity contribution is 5.78. The second kappa shape index (κ2) is 7.12. The van der Waals surface area contributed by atoms with Gasteiger partial charge in [0.05, 0.1) is 11.7 Å². The summed E-state index contributed by atoms with van der Waals surface area (Å²) in [7, 11) is 0. The van der Waals surface area contributed by atoms with Crippen LogP contribution in [-0.4, -0.2) is 34.1 Å². The number of anilines is 2. The van der Waals surface area contributed by atoms with E-state index in [1.54, 1.807) is 18.3 Å².